The molecule has 0 spiro atoms. The summed E-state index contributed by atoms with van der Waals surface area (Å²) in [5.41, 5.74) is 0. The van der Waals surface area contributed by atoms with Gasteiger partial charge >= 0.3 is 12.1 Å². The summed E-state index contributed by atoms with van der Waals surface area (Å²) < 4.78 is 31.5. The Morgan fingerprint density at radius 3 is 1.91 bits per heavy atom. The van der Waals surface area contributed by atoms with E-state index in [0.29, 0.717) is 0 Å². The summed E-state index contributed by atoms with van der Waals surface area (Å²) >= 11 is 11.3. The van der Waals surface area contributed by atoms with Crippen LogP contribution >= 0.6 is 29.1 Å². The Morgan fingerprint density at radius 1 is 1.45 bits per heavy atom. The molecule has 0 saturated carbocycles. The predicted molar refractivity (Wildman–Crippen MR) is 46.5 cm³/mol. The van der Waals surface area contributed by atoms with Crippen LogP contribution in [0.2, 0.25) is 0 Å². The van der Waals surface area contributed by atoms with Gasteiger partial charge in [0, 0.05) is 0 Å². The van der Waals surface area contributed by atoms with Crippen LogP contribution in [-0.4, -0.2) is 12.1 Å². The highest BCUT2D eigenvalue weighted by molar-refractivity contribution is 8.91. The number of hydrogen-bond acceptors (Lipinski definition) is 2. The van der Waals surface area contributed by atoms with Gasteiger partial charge in [0.05, 0.1) is 0 Å². The smallest absolute Gasteiger partial charge is 0.305 e. The van der Waals surface area contributed by atoms with E-state index in [1.54, 1.807) is 0 Å². The van der Waals surface area contributed by atoms with Crippen LogP contribution < -0.4 is 5.09 Å². The lowest BCUT2D eigenvalue weighted by atomic mass is 10.6. The van der Waals surface area contributed by atoms with Crippen molar-refractivity contribution in [1.82, 2.24) is 5.09 Å². The summed E-state index contributed by atoms with van der Waals surface area (Å²) in [6.45, 7) is 0. The molecule has 2 nitrogen and oxygen atoms in total. The van der Waals surface area contributed by atoms with Crippen LogP contribution in [0.15, 0.2) is 0 Å². The molecule has 1 N–H and O–H groups in total. The molecule has 0 fully saturated rings. The highest BCUT2D eigenvalue weighted by Crippen LogP contribution is 2.51. The lowest BCUT2D eigenvalue weighted by molar-refractivity contribution is -0.171. The maximum atomic E-state index is 11.5. The average Bonchev–Trinajstić information content (AvgIpc) is 1.56. The summed E-state index contributed by atoms with van der Waals surface area (Å²) in [6.07, 6.45) is -4.92. The Hall–Kier alpha value is 0.610. The Kier molecular flexibility index (Phi) is 3.75. The van der Waals surface area contributed by atoms with E-state index in [4.69, 9.17) is 0 Å². The van der Waals surface area contributed by atoms with Gasteiger partial charge in [-0.25, -0.2) is 0 Å². The number of alkyl halides is 3. The monoisotopic (exact) mass is 241 g/mol. The van der Waals surface area contributed by atoms with Crippen molar-refractivity contribution in [3.63, 3.8) is 0 Å². The minimum Gasteiger partial charge on any atom is -0.305 e. The van der Waals surface area contributed by atoms with Gasteiger partial charge in [0.1, 0.15) is 4.59 Å². The molecule has 0 aromatic heterocycles. The summed E-state index contributed by atoms with van der Waals surface area (Å²) in [7, 11) is 0. The minimum atomic E-state index is -4.92. The van der Waals surface area contributed by atoms with Crippen molar-refractivity contribution in [2.45, 2.75) is 6.18 Å². The number of thiol groups is 2. The van der Waals surface area contributed by atoms with Gasteiger partial charge in [-0.05, 0) is 0 Å². The lowest BCUT2D eigenvalue weighted by Crippen LogP contribution is -2.33. The standard InChI is InChI=1S/C2H3F3NOPS3/c3-2(4,5)1(7)6-8(9,10)11/h(H3,6,7,9,10,11). The molecule has 1 amide bonds. The Labute approximate surface area is 76.3 Å². The third-order valence-corrected chi connectivity index (χ3v) is 1.87. The van der Waals surface area contributed by atoms with Crippen LogP contribution in [-0.2, 0) is 16.6 Å². The summed E-state index contributed by atoms with van der Waals surface area (Å²) in [4.78, 5) is 10.1. The summed E-state index contributed by atoms with van der Waals surface area (Å²) in [5.74, 6) is -2.11. The van der Waals surface area contributed by atoms with Crippen molar-refractivity contribution >= 4 is 46.8 Å². The van der Waals surface area contributed by atoms with Crippen LogP contribution in [0.5, 0.6) is 0 Å². The van der Waals surface area contributed by atoms with E-state index in [1.165, 1.54) is 5.09 Å². The molecule has 11 heavy (non-hydrogen) atoms. The normalized spacial score (nSPS) is 12.8. The number of halogens is 3. The van der Waals surface area contributed by atoms with Gasteiger partial charge in [-0.1, -0.05) is 11.8 Å². The zero-order chi connectivity index (χ0) is 9.28. The Morgan fingerprint density at radius 2 is 1.82 bits per heavy atom. The summed E-state index contributed by atoms with van der Waals surface area (Å²) in [5, 5.41) is 1.45. The highest BCUT2D eigenvalue weighted by Gasteiger charge is 2.39. The molecule has 0 atom stereocenters. The number of amides is 1. The van der Waals surface area contributed by atoms with Crippen molar-refractivity contribution in [3.05, 3.63) is 0 Å². The van der Waals surface area contributed by atoms with E-state index in [9.17, 15) is 18.0 Å². The van der Waals surface area contributed by atoms with Gasteiger partial charge in [-0.3, -0.25) is 4.79 Å². The van der Waals surface area contributed by atoms with Crippen LogP contribution in [0.25, 0.3) is 0 Å². The van der Waals surface area contributed by atoms with Crippen LogP contribution in [0.4, 0.5) is 13.2 Å². The maximum absolute atomic E-state index is 11.5. The van der Waals surface area contributed by atoms with E-state index < -0.39 is 16.7 Å². The molecular weight excluding hydrogens is 238 g/mol. The molecule has 0 bridgehead atoms. The van der Waals surface area contributed by atoms with Gasteiger partial charge in [-0.15, -0.1) is 24.5 Å². The fraction of sp³-hybridized carbons (Fsp3) is 0.500. The molecule has 0 rings (SSSR count). The number of carbonyl (C=O) groups excluding carboxylic acids is 1. The molecule has 0 saturated heterocycles. The van der Waals surface area contributed by atoms with E-state index in [2.05, 4.69) is 36.3 Å². The van der Waals surface area contributed by atoms with Gasteiger partial charge in [0.2, 0.25) is 0 Å². The van der Waals surface area contributed by atoms with Crippen molar-refractivity contribution in [1.29, 1.82) is 0 Å². The molecular formula is C2H3F3NOPS3. The number of nitrogens with one attached hydrogen (secondary N) is 1. The van der Waals surface area contributed by atoms with Gasteiger partial charge in [0.25, 0.3) is 0 Å². The molecule has 0 unspecified atom stereocenters. The van der Waals surface area contributed by atoms with Gasteiger partial charge < -0.3 is 5.09 Å². The van der Waals surface area contributed by atoms with E-state index in [0.717, 1.165) is 0 Å². The molecule has 0 radical (unpaired) electrons. The van der Waals surface area contributed by atoms with E-state index in [-0.39, 0.29) is 0 Å². The quantitative estimate of drug-likeness (QED) is 0.482. The van der Waals surface area contributed by atoms with Crippen LogP contribution in [0.1, 0.15) is 0 Å². The fourth-order valence-corrected chi connectivity index (χ4v) is 1.38. The number of hydrogen-bond donors (Lipinski definition) is 3. The molecule has 66 valence electrons. The summed E-state index contributed by atoms with van der Waals surface area (Å²) in [6, 6.07) is 0. The fourth-order valence-electron chi connectivity index (χ4n) is 0.196. The first-order valence-corrected chi connectivity index (χ1v) is 7.19. The topological polar surface area (TPSA) is 29.1 Å². The molecule has 0 aromatic rings. The first-order valence-electron chi connectivity index (χ1n) is 2.08. The molecule has 0 heterocycles. The van der Waals surface area contributed by atoms with Crippen molar-refractivity contribution in [3.8, 4) is 0 Å². The second-order valence-corrected chi connectivity index (χ2v) is 10.6. The van der Waals surface area contributed by atoms with E-state index >= 15 is 0 Å². The lowest BCUT2D eigenvalue weighted by Gasteiger charge is -2.11. The number of rotatable bonds is 1. The SMILES string of the molecule is O=C(NP(=S)(S)S)C(F)(F)F. The second kappa shape index (κ2) is 3.55. The highest BCUT2D eigenvalue weighted by atomic mass is 33.2. The van der Waals surface area contributed by atoms with Crippen LogP contribution in [0, 0.1) is 0 Å². The first kappa shape index (κ1) is 11.6. The predicted octanol–water partition coefficient (Wildman–Crippen LogP) is 1.75. The average molecular weight is 241 g/mol. The van der Waals surface area contributed by atoms with Crippen LogP contribution in [0.3, 0.4) is 0 Å². The number of carbonyl (C=O) groups is 1. The molecule has 0 aliphatic rings. The third-order valence-electron chi connectivity index (χ3n) is 0.505. The Bertz CT molecular complexity index is 209. The minimum absolute atomic E-state index is 1.45. The zero-order valence-corrected chi connectivity index (χ0v) is 8.29. The largest absolute Gasteiger partial charge is 0.471 e. The van der Waals surface area contributed by atoms with E-state index in [1.807, 2.05) is 0 Å². The van der Waals surface area contributed by atoms with Crippen molar-refractivity contribution < 1.29 is 18.0 Å². The molecule has 0 aromatic carbocycles. The third kappa shape index (κ3) is 5.84. The molecule has 9 heteroatoms. The zero-order valence-electron chi connectivity index (χ0n) is 4.79. The van der Waals surface area contributed by atoms with Crippen molar-refractivity contribution in [2.24, 2.45) is 0 Å². The van der Waals surface area contributed by atoms with Gasteiger partial charge in [0.15, 0.2) is 0 Å². The second-order valence-electron chi connectivity index (χ2n) is 1.48. The first-order chi connectivity index (χ1) is 4.63. The maximum Gasteiger partial charge on any atom is 0.471 e. The molecule has 0 aliphatic heterocycles. The molecule has 0 aliphatic carbocycles. The van der Waals surface area contributed by atoms with Gasteiger partial charge in [-0.2, -0.15) is 13.2 Å². The Balaban J connectivity index is 4.23. The van der Waals surface area contributed by atoms with Crippen molar-refractivity contribution in [2.75, 3.05) is 0 Å².